The van der Waals surface area contributed by atoms with Crippen molar-refractivity contribution in [1.82, 2.24) is 0 Å². The van der Waals surface area contributed by atoms with Gasteiger partial charge in [-0.2, -0.15) is 9.15 Å². The highest BCUT2D eigenvalue weighted by atomic mass is 32.2. The second-order valence-electron chi connectivity index (χ2n) is 12.8. The summed E-state index contributed by atoms with van der Waals surface area (Å²) in [6, 6.07) is 22.4. The van der Waals surface area contributed by atoms with Crippen molar-refractivity contribution in [3.63, 3.8) is 0 Å². The van der Waals surface area contributed by atoms with E-state index in [2.05, 4.69) is 86.3 Å². The van der Waals surface area contributed by atoms with Crippen LogP contribution in [0.5, 0.6) is 5.75 Å². The predicted molar refractivity (Wildman–Crippen MR) is 179 cm³/mol. The minimum atomic E-state index is -4.30. The monoisotopic (exact) mass is 611 g/mol. The van der Waals surface area contributed by atoms with Gasteiger partial charge >= 0.3 is 0 Å². The Bertz CT molecular complexity index is 1810. The van der Waals surface area contributed by atoms with Gasteiger partial charge < -0.3 is 9.66 Å². The van der Waals surface area contributed by atoms with Gasteiger partial charge in [0.1, 0.15) is 18.8 Å². The number of phenolic OH excluding ortho intramolecular Hbond substituents is 1. The molecule has 1 N–H and O–H groups in total. The summed E-state index contributed by atoms with van der Waals surface area (Å²) >= 11 is 0. The smallest absolute Gasteiger partial charge is 0.209 e. The third-order valence-corrected chi connectivity index (χ3v) is 9.80. The molecule has 2 aliphatic heterocycles. The molecule has 0 spiro atoms. The molecule has 0 unspecified atom stereocenters. The van der Waals surface area contributed by atoms with Crippen molar-refractivity contribution in [3.05, 3.63) is 101 Å². The molecule has 3 aromatic rings. The quantitative estimate of drug-likeness (QED) is 0.182. The molecule has 7 heteroatoms. The van der Waals surface area contributed by atoms with E-state index >= 15 is 0 Å². The van der Waals surface area contributed by atoms with Gasteiger partial charge in [0.05, 0.1) is 20.9 Å². The topological polar surface area (TPSA) is 83.5 Å². The van der Waals surface area contributed by atoms with Crippen molar-refractivity contribution in [3.8, 4) is 5.75 Å². The van der Waals surface area contributed by atoms with Gasteiger partial charge in [-0.25, -0.2) is 8.42 Å². The molecule has 0 fully saturated rings. The molecule has 5 rings (SSSR count). The summed E-state index contributed by atoms with van der Waals surface area (Å²) < 4.78 is 38.4. The van der Waals surface area contributed by atoms with Gasteiger partial charge in [0, 0.05) is 59.6 Å². The van der Waals surface area contributed by atoms with Gasteiger partial charge in [-0.15, -0.1) is 0 Å². The van der Waals surface area contributed by atoms with Crippen LogP contribution in [0.25, 0.3) is 12.2 Å². The van der Waals surface area contributed by atoms with Crippen LogP contribution in [-0.2, 0) is 20.9 Å². The van der Waals surface area contributed by atoms with Crippen LogP contribution in [0.1, 0.15) is 76.1 Å². The van der Waals surface area contributed by atoms with E-state index in [1.54, 1.807) is 6.07 Å². The number of unbranched alkanes of at least 4 members (excludes halogenated alkanes) is 1. The number of para-hydroxylation sites is 2. The zero-order chi connectivity index (χ0) is 31.7. The molecular weight excluding hydrogens is 568 g/mol. The second-order valence-corrected chi connectivity index (χ2v) is 14.3. The highest BCUT2D eigenvalue weighted by Crippen LogP contribution is 2.41. The summed E-state index contributed by atoms with van der Waals surface area (Å²) in [6.07, 6.45) is 10.7. The van der Waals surface area contributed by atoms with Gasteiger partial charge in [-0.05, 0) is 57.5 Å². The number of benzene rings is 3. The van der Waals surface area contributed by atoms with Gasteiger partial charge in [0.15, 0.2) is 11.4 Å². The molecule has 0 saturated heterocycles. The van der Waals surface area contributed by atoms with E-state index in [9.17, 15) is 18.1 Å². The minimum absolute atomic E-state index is 0.130. The Morgan fingerprint density at radius 1 is 0.750 bits per heavy atom. The summed E-state index contributed by atoms with van der Waals surface area (Å²) in [5.74, 6) is -0.225. The van der Waals surface area contributed by atoms with Gasteiger partial charge in [0.25, 0.3) is 0 Å². The summed E-state index contributed by atoms with van der Waals surface area (Å²) in [6.45, 7) is 12.4. The first-order valence-corrected chi connectivity index (χ1v) is 17.0. The van der Waals surface area contributed by atoms with E-state index in [0.717, 1.165) is 41.9 Å². The van der Waals surface area contributed by atoms with Crippen LogP contribution in [0.3, 0.4) is 0 Å². The maximum absolute atomic E-state index is 11.3. The van der Waals surface area contributed by atoms with E-state index in [1.165, 1.54) is 17.0 Å². The Labute approximate surface area is 262 Å². The van der Waals surface area contributed by atoms with E-state index in [1.807, 2.05) is 42.5 Å². The Kier molecular flexibility index (Phi) is 8.83. The van der Waals surface area contributed by atoms with Crippen LogP contribution in [0.4, 0.5) is 11.4 Å². The van der Waals surface area contributed by atoms with Crippen LogP contribution in [-0.4, -0.2) is 57.5 Å². The fourth-order valence-corrected chi connectivity index (χ4v) is 7.12. The first-order chi connectivity index (χ1) is 20.8. The lowest BCUT2D eigenvalue weighted by Crippen LogP contribution is -2.28. The van der Waals surface area contributed by atoms with Gasteiger partial charge in [-0.3, -0.25) is 0 Å². The molecule has 3 aromatic carbocycles. The highest BCUT2D eigenvalue weighted by molar-refractivity contribution is 7.85. The zero-order valence-corrected chi connectivity index (χ0v) is 27.2. The zero-order valence-electron chi connectivity index (χ0n) is 26.4. The number of hydrogen-bond acceptors (Lipinski definition) is 4. The molecule has 6 nitrogen and oxygen atoms in total. The van der Waals surface area contributed by atoms with Crippen molar-refractivity contribution < 1.29 is 27.2 Å². The van der Waals surface area contributed by atoms with Crippen molar-refractivity contribution in [2.75, 3.05) is 18.8 Å². The first-order valence-electron chi connectivity index (χ1n) is 15.5. The SMILES string of the molecule is CCCC[N+]1=C(/C=C/c2ccc(O)c(/C=C/C3=[N+](CCCS(=O)(=O)[O-])c4ccccc4C3(C)C)c2)C(C)(C)c2ccccc21. The Hall–Kier alpha value is -3.81. The number of aromatic hydroxyl groups is 1. The lowest BCUT2D eigenvalue weighted by atomic mass is 9.81. The fraction of sp³-hybridized carbons (Fsp3) is 0.351. The lowest BCUT2D eigenvalue weighted by Gasteiger charge is -2.15. The molecule has 0 bridgehead atoms. The summed E-state index contributed by atoms with van der Waals surface area (Å²) in [5, 5.41) is 10.8. The molecule has 0 aliphatic carbocycles. The molecule has 0 saturated carbocycles. The molecule has 0 amide bonds. The minimum Gasteiger partial charge on any atom is -0.748 e. The number of allylic oxidation sites excluding steroid dienone is 2. The average molecular weight is 612 g/mol. The van der Waals surface area contributed by atoms with E-state index in [4.69, 9.17) is 0 Å². The number of rotatable bonds is 11. The summed E-state index contributed by atoms with van der Waals surface area (Å²) in [5.41, 5.74) is 8.18. The van der Waals surface area contributed by atoms with E-state index in [0.29, 0.717) is 12.1 Å². The van der Waals surface area contributed by atoms with E-state index in [-0.39, 0.29) is 23.0 Å². The molecule has 2 heterocycles. The lowest BCUT2D eigenvalue weighted by molar-refractivity contribution is -0.438. The third kappa shape index (κ3) is 6.21. The summed E-state index contributed by atoms with van der Waals surface area (Å²) in [7, 11) is -4.30. The van der Waals surface area contributed by atoms with Crippen LogP contribution in [0, 0.1) is 0 Å². The van der Waals surface area contributed by atoms with Crippen LogP contribution < -0.4 is 0 Å². The first kappa shape index (κ1) is 31.6. The van der Waals surface area contributed by atoms with E-state index < -0.39 is 15.9 Å². The molecule has 0 aromatic heterocycles. The number of hydrogen-bond donors (Lipinski definition) is 1. The Morgan fingerprint density at radius 3 is 1.82 bits per heavy atom. The fourth-order valence-electron chi connectivity index (χ4n) is 6.63. The predicted octanol–water partition coefficient (Wildman–Crippen LogP) is 7.31. The Balaban J connectivity index is 1.48. The maximum atomic E-state index is 11.3. The number of fused-ring (bicyclic) bond motifs is 2. The Morgan fingerprint density at radius 2 is 1.27 bits per heavy atom. The van der Waals surface area contributed by atoms with Crippen LogP contribution in [0.2, 0.25) is 0 Å². The largest absolute Gasteiger partial charge is 0.748 e. The van der Waals surface area contributed by atoms with Crippen LogP contribution >= 0.6 is 0 Å². The van der Waals surface area contributed by atoms with Gasteiger partial charge in [0.2, 0.25) is 11.4 Å². The average Bonchev–Trinajstić information content (AvgIpc) is 3.33. The van der Waals surface area contributed by atoms with Crippen molar-refractivity contribution in [2.45, 2.75) is 64.7 Å². The van der Waals surface area contributed by atoms with Crippen molar-refractivity contribution >= 4 is 45.1 Å². The maximum Gasteiger partial charge on any atom is 0.209 e. The molecule has 0 atom stereocenters. The standard InChI is InChI=1S/C37H42N2O4S/c1-6-7-23-38-31-15-10-8-13-29(31)36(2,3)34(38)21-18-27-17-20-33(40)28(26-27)19-22-35-37(4,5)30-14-9-11-16-32(30)39(35)24-12-25-44(41,42)43/h8-11,13-22,26H,6-7,12,23-25H2,1-5H3/p+1. The normalized spacial score (nSPS) is 17.2. The second kappa shape index (κ2) is 12.3. The van der Waals surface area contributed by atoms with Crippen LogP contribution in [0.15, 0.2) is 78.9 Å². The van der Waals surface area contributed by atoms with Gasteiger partial charge in [-0.1, -0.05) is 55.8 Å². The molecule has 230 valence electrons. The molecule has 44 heavy (non-hydrogen) atoms. The third-order valence-electron chi connectivity index (χ3n) is 9.02. The number of phenols is 1. The molecule has 0 radical (unpaired) electrons. The number of nitrogens with zero attached hydrogens (tertiary/aromatic N) is 2. The molecule has 2 aliphatic rings. The van der Waals surface area contributed by atoms with Crippen molar-refractivity contribution in [2.24, 2.45) is 0 Å². The summed E-state index contributed by atoms with van der Waals surface area (Å²) in [4.78, 5) is 0. The molecular formula is C37H43N2O4S+. The highest BCUT2D eigenvalue weighted by Gasteiger charge is 2.45. The van der Waals surface area contributed by atoms with Crippen molar-refractivity contribution in [1.29, 1.82) is 0 Å².